The van der Waals surface area contributed by atoms with Crippen LogP contribution in [0, 0.1) is 13.8 Å². The number of carbonyl (C=O) groups excluding carboxylic acids is 1. The van der Waals surface area contributed by atoms with Crippen molar-refractivity contribution in [2.75, 3.05) is 16.8 Å². The first kappa shape index (κ1) is 17.3. The van der Waals surface area contributed by atoms with Crippen LogP contribution in [0.1, 0.15) is 28.0 Å². The number of hydrogen-bond donors (Lipinski definition) is 2. The van der Waals surface area contributed by atoms with Crippen LogP contribution in [0.2, 0.25) is 0 Å². The van der Waals surface area contributed by atoms with E-state index in [-0.39, 0.29) is 23.2 Å². The van der Waals surface area contributed by atoms with Gasteiger partial charge in [0, 0.05) is 17.9 Å². The Hall–Kier alpha value is -2.48. The fourth-order valence-corrected chi connectivity index (χ4v) is 4.34. The molecule has 1 aromatic carbocycles. The van der Waals surface area contributed by atoms with Crippen molar-refractivity contribution >= 4 is 27.4 Å². The molecule has 0 saturated carbocycles. The summed E-state index contributed by atoms with van der Waals surface area (Å²) in [5.41, 5.74) is 3.36. The summed E-state index contributed by atoms with van der Waals surface area (Å²) in [6, 6.07) is 7.04. The van der Waals surface area contributed by atoms with Gasteiger partial charge in [-0.2, -0.15) is 0 Å². The van der Waals surface area contributed by atoms with E-state index < -0.39 is 15.7 Å². The third-order valence-corrected chi connectivity index (χ3v) is 5.99. The Labute approximate surface area is 146 Å². The largest absolute Gasteiger partial charge is 0.347 e. The van der Waals surface area contributed by atoms with Crippen molar-refractivity contribution in [1.29, 1.82) is 0 Å². The summed E-state index contributed by atoms with van der Waals surface area (Å²) in [7, 11) is -3.04. The van der Waals surface area contributed by atoms with Gasteiger partial charge < -0.3 is 10.6 Å². The molecule has 1 unspecified atom stereocenters. The second-order valence-electron chi connectivity index (χ2n) is 6.26. The summed E-state index contributed by atoms with van der Waals surface area (Å²) in [6.45, 7) is 4.05. The Balaban J connectivity index is 1.70. The Bertz CT molecular complexity index is 912. The molecular formula is C17H20N4O3S. The van der Waals surface area contributed by atoms with Crippen molar-refractivity contribution in [1.82, 2.24) is 15.3 Å². The maximum absolute atomic E-state index is 12.3. The predicted molar refractivity (Wildman–Crippen MR) is 95.8 cm³/mol. The van der Waals surface area contributed by atoms with Gasteiger partial charge in [-0.1, -0.05) is 6.07 Å². The topological polar surface area (TPSA) is 101 Å². The van der Waals surface area contributed by atoms with Crippen molar-refractivity contribution in [3.05, 3.63) is 47.3 Å². The third-order valence-electron chi connectivity index (χ3n) is 4.22. The predicted octanol–water partition coefficient (Wildman–Crippen LogP) is 1.75. The summed E-state index contributed by atoms with van der Waals surface area (Å²) in [6.07, 6.45) is 1.93. The number of sulfone groups is 1. The van der Waals surface area contributed by atoms with Gasteiger partial charge in [-0.25, -0.2) is 18.4 Å². The molecular weight excluding hydrogens is 340 g/mol. The fourth-order valence-electron chi connectivity index (χ4n) is 2.66. The van der Waals surface area contributed by atoms with Gasteiger partial charge in [0.05, 0.1) is 11.5 Å². The van der Waals surface area contributed by atoms with Crippen molar-refractivity contribution in [2.45, 2.75) is 26.3 Å². The Kier molecular flexibility index (Phi) is 4.71. The first-order valence-electron chi connectivity index (χ1n) is 8.01. The van der Waals surface area contributed by atoms with Gasteiger partial charge in [0.25, 0.3) is 5.91 Å². The van der Waals surface area contributed by atoms with Crippen molar-refractivity contribution < 1.29 is 13.2 Å². The van der Waals surface area contributed by atoms with E-state index in [0.717, 1.165) is 11.3 Å². The Morgan fingerprint density at radius 2 is 2.00 bits per heavy atom. The van der Waals surface area contributed by atoms with E-state index in [2.05, 4.69) is 20.6 Å². The van der Waals surface area contributed by atoms with Crippen LogP contribution in [0.4, 0.5) is 11.6 Å². The molecule has 132 valence electrons. The minimum Gasteiger partial charge on any atom is -0.347 e. The number of hydrogen-bond acceptors (Lipinski definition) is 6. The smallest absolute Gasteiger partial charge is 0.270 e. The molecule has 0 aliphatic carbocycles. The molecule has 1 aliphatic rings. The number of nitrogens with one attached hydrogen (secondary N) is 2. The number of benzene rings is 1. The molecule has 8 heteroatoms. The maximum atomic E-state index is 12.3. The summed E-state index contributed by atoms with van der Waals surface area (Å²) in [5.74, 6) is 0.0152. The number of nitrogens with zero attached hydrogens (tertiary/aromatic N) is 2. The molecule has 1 amide bonds. The Morgan fingerprint density at radius 1 is 1.20 bits per heavy atom. The van der Waals surface area contributed by atoms with Gasteiger partial charge in [-0.15, -0.1) is 0 Å². The van der Waals surface area contributed by atoms with Crippen LogP contribution in [0.5, 0.6) is 0 Å². The van der Waals surface area contributed by atoms with Gasteiger partial charge in [-0.05, 0) is 49.6 Å². The molecule has 2 aromatic rings. The monoisotopic (exact) mass is 360 g/mol. The highest BCUT2D eigenvalue weighted by molar-refractivity contribution is 7.91. The summed E-state index contributed by atoms with van der Waals surface area (Å²) >= 11 is 0. The highest BCUT2D eigenvalue weighted by Gasteiger charge is 2.29. The van der Waals surface area contributed by atoms with Crippen LogP contribution >= 0.6 is 0 Å². The molecule has 1 atom stereocenters. The van der Waals surface area contributed by atoms with Gasteiger partial charge in [0.2, 0.25) is 5.95 Å². The molecule has 1 aromatic heterocycles. The van der Waals surface area contributed by atoms with Crippen LogP contribution in [-0.4, -0.2) is 41.8 Å². The molecule has 2 heterocycles. The molecule has 7 nitrogen and oxygen atoms in total. The molecule has 0 spiro atoms. The van der Waals surface area contributed by atoms with E-state index in [9.17, 15) is 13.2 Å². The van der Waals surface area contributed by atoms with E-state index in [0.29, 0.717) is 12.4 Å². The SMILES string of the molecule is Cc1ccc(Nc2nccc(C(=O)NC3CCS(=O)(=O)C3)n2)cc1C. The van der Waals surface area contributed by atoms with E-state index in [4.69, 9.17) is 0 Å². The average molecular weight is 360 g/mol. The molecule has 1 saturated heterocycles. The van der Waals surface area contributed by atoms with Gasteiger partial charge in [0.1, 0.15) is 5.69 Å². The zero-order valence-corrected chi connectivity index (χ0v) is 14.9. The number of anilines is 2. The number of carbonyl (C=O) groups is 1. The molecule has 2 N–H and O–H groups in total. The van der Waals surface area contributed by atoms with Crippen LogP contribution in [0.3, 0.4) is 0 Å². The van der Waals surface area contributed by atoms with Gasteiger partial charge in [-0.3, -0.25) is 4.79 Å². The lowest BCUT2D eigenvalue weighted by atomic mass is 10.1. The normalized spacial score (nSPS) is 18.7. The number of aryl methyl sites for hydroxylation is 2. The molecule has 1 aliphatic heterocycles. The van der Waals surface area contributed by atoms with E-state index in [1.54, 1.807) is 0 Å². The number of amides is 1. The Morgan fingerprint density at radius 3 is 2.68 bits per heavy atom. The summed E-state index contributed by atoms with van der Waals surface area (Å²) in [5, 5.41) is 5.80. The minimum atomic E-state index is -3.04. The number of aromatic nitrogens is 2. The zero-order chi connectivity index (χ0) is 18.0. The van der Waals surface area contributed by atoms with E-state index >= 15 is 0 Å². The minimum absolute atomic E-state index is 0.0163. The fraction of sp³-hybridized carbons (Fsp3) is 0.353. The second-order valence-corrected chi connectivity index (χ2v) is 8.49. The first-order chi connectivity index (χ1) is 11.8. The van der Waals surface area contributed by atoms with Crippen LogP contribution < -0.4 is 10.6 Å². The molecule has 0 radical (unpaired) electrons. The standard InChI is InChI=1S/C17H20N4O3S/c1-11-3-4-13(9-12(11)2)20-17-18-7-5-15(21-17)16(22)19-14-6-8-25(23,24)10-14/h3-5,7,9,14H,6,8,10H2,1-2H3,(H,19,22)(H,18,20,21). The molecule has 25 heavy (non-hydrogen) atoms. The lowest BCUT2D eigenvalue weighted by molar-refractivity contribution is 0.0936. The average Bonchev–Trinajstić information content (AvgIpc) is 2.90. The maximum Gasteiger partial charge on any atom is 0.270 e. The lowest BCUT2D eigenvalue weighted by Gasteiger charge is -2.11. The van der Waals surface area contributed by atoms with E-state index in [1.165, 1.54) is 17.8 Å². The highest BCUT2D eigenvalue weighted by atomic mass is 32.2. The van der Waals surface area contributed by atoms with Crippen LogP contribution in [-0.2, 0) is 9.84 Å². The van der Waals surface area contributed by atoms with Crippen molar-refractivity contribution in [2.24, 2.45) is 0 Å². The first-order valence-corrected chi connectivity index (χ1v) is 9.83. The molecule has 3 rings (SSSR count). The van der Waals surface area contributed by atoms with Crippen LogP contribution in [0.25, 0.3) is 0 Å². The third kappa shape index (κ3) is 4.33. The van der Waals surface area contributed by atoms with Gasteiger partial charge in [0.15, 0.2) is 9.84 Å². The van der Waals surface area contributed by atoms with E-state index in [1.807, 2.05) is 32.0 Å². The quantitative estimate of drug-likeness (QED) is 0.861. The van der Waals surface area contributed by atoms with Gasteiger partial charge >= 0.3 is 0 Å². The second kappa shape index (κ2) is 6.79. The lowest BCUT2D eigenvalue weighted by Crippen LogP contribution is -2.36. The summed E-state index contributed by atoms with van der Waals surface area (Å²) in [4.78, 5) is 20.6. The number of rotatable bonds is 4. The highest BCUT2D eigenvalue weighted by Crippen LogP contribution is 2.17. The molecule has 0 bridgehead atoms. The molecule has 1 fully saturated rings. The van der Waals surface area contributed by atoms with Crippen molar-refractivity contribution in [3.8, 4) is 0 Å². The van der Waals surface area contributed by atoms with Crippen LogP contribution in [0.15, 0.2) is 30.5 Å². The summed E-state index contributed by atoms with van der Waals surface area (Å²) < 4.78 is 23.0. The zero-order valence-electron chi connectivity index (χ0n) is 14.1. The van der Waals surface area contributed by atoms with Crippen molar-refractivity contribution in [3.63, 3.8) is 0 Å².